The molecule has 0 saturated heterocycles. The summed E-state index contributed by atoms with van der Waals surface area (Å²) in [7, 11) is 2.05. The molecule has 0 unspecified atom stereocenters. The van der Waals surface area contributed by atoms with E-state index in [0.29, 0.717) is 13.2 Å². The molecule has 1 heterocycles. The van der Waals surface area contributed by atoms with Gasteiger partial charge in [-0.2, -0.15) is 5.10 Å². The number of amidine groups is 1. The van der Waals surface area contributed by atoms with Crippen molar-refractivity contribution >= 4 is 11.5 Å². The molecule has 2 aromatic rings. The third kappa shape index (κ3) is 4.10. The predicted molar refractivity (Wildman–Crippen MR) is 113 cm³/mol. The van der Waals surface area contributed by atoms with Crippen molar-refractivity contribution in [2.45, 2.75) is 19.3 Å². The molecule has 0 aliphatic carbocycles. The number of hydrogen-bond donors (Lipinski definition) is 1. The quantitative estimate of drug-likeness (QED) is 0.634. The van der Waals surface area contributed by atoms with Gasteiger partial charge in [0.2, 0.25) is 0 Å². The second kappa shape index (κ2) is 8.46. The maximum absolute atomic E-state index is 6.03. The van der Waals surface area contributed by atoms with Crippen molar-refractivity contribution < 1.29 is 0 Å². The molecule has 142 valence electrons. The highest BCUT2D eigenvalue weighted by molar-refractivity contribution is 6.10. The summed E-state index contributed by atoms with van der Waals surface area (Å²) < 4.78 is 0. The first-order chi connectivity index (χ1) is 13.1. The molecule has 1 aliphatic rings. The normalized spacial score (nSPS) is 20.3. The maximum atomic E-state index is 6.03. The minimum absolute atomic E-state index is 0.227. The van der Waals surface area contributed by atoms with E-state index in [1.54, 1.807) is 0 Å². The van der Waals surface area contributed by atoms with E-state index in [-0.39, 0.29) is 5.41 Å². The first kappa shape index (κ1) is 19.3. The van der Waals surface area contributed by atoms with E-state index < -0.39 is 0 Å². The van der Waals surface area contributed by atoms with Crippen LogP contribution in [0, 0.1) is 0 Å². The van der Waals surface area contributed by atoms with Crippen molar-refractivity contribution in [2.24, 2.45) is 15.8 Å². The Morgan fingerprint density at radius 3 is 2.37 bits per heavy atom. The van der Waals surface area contributed by atoms with Crippen LogP contribution in [0.15, 0.2) is 70.8 Å². The molecule has 0 fully saturated rings. The molecule has 0 saturated carbocycles. The fraction of sp³-hybridized carbons (Fsp3) is 0.364. The number of hydrazone groups is 1. The van der Waals surface area contributed by atoms with Gasteiger partial charge in [0, 0.05) is 0 Å². The zero-order valence-electron chi connectivity index (χ0n) is 16.5. The van der Waals surface area contributed by atoms with Crippen LogP contribution in [0.25, 0.3) is 0 Å². The lowest BCUT2D eigenvalue weighted by Gasteiger charge is -2.27. The average molecular weight is 364 g/mol. The molecular formula is C22H29N5. The van der Waals surface area contributed by atoms with Gasteiger partial charge < -0.3 is 5.73 Å². The number of nitrogens with two attached hydrogens (primary N) is 1. The highest BCUT2D eigenvalue weighted by atomic mass is 15.5. The first-order valence-electron chi connectivity index (χ1n) is 9.48. The number of hydrogen-bond acceptors (Lipinski definition) is 4. The highest BCUT2D eigenvalue weighted by Gasteiger charge is 2.41. The van der Waals surface area contributed by atoms with Crippen molar-refractivity contribution in [2.75, 3.05) is 33.4 Å². The summed E-state index contributed by atoms with van der Waals surface area (Å²) in [4.78, 5) is 6.86. The van der Waals surface area contributed by atoms with Crippen LogP contribution in [0.4, 0.5) is 0 Å². The molecule has 27 heavy (non-hydrogen) atoms. The zero-order valence-corrected chi connectivity index (χ0v) is 16.5. The van der Waals surface area contributed by atoms with Crippen LogP contribution < -0.4 is 5.73 Å². The Balaban J connectivity index is 2.00. The molecular weight excluding hydrogens is 334 g/mol. The number of benzene rings is 2. The van der Waals surface area contributed by atoms with Crippen molar-refractivity contribution in [3.05, 3.63) is 71.8 Å². The van der Waals surface area contributed by atoms with Gasteiger partial charge >= 0.3 is 0 Å². The summed E-state index contributed by atoms with van der Waals surface area (Å²) in [6, 6.07) is 20.9. The fourth-order valence-corrected chi connectivity index (χ4v) is 3.35. The van der Waals surface area contributed by atoms with Crippen molar-refractivity contribution in [3.8, 4) is 0 Å². The monoisotopic (exact) mass is 363 g/mol. The van der Waals surface area contributed by atoms with E-state index >= 15 is 0 Å². The second-order valence-corrected chi connectivity index (χ2v) is 7.16. The van der Waals surface area contributed by atoms with Gasteiger partial charge in [0.25, 0.3) is 0 Å². The molecule has 0 bridgehead atoms. The van der Waals surface area contributed by atoms with Crippen molar-refractivity contribution in [3.63, 3.8) is 0 Å². The van der Waals surface area contributed by atoms with Crippen LogP contribution >= 0.6 is 0 Å². The number of nitrogens with zero attached hydrogens (tertiary/aromatic N) is 4. The highest BCUT2D eigenvalue weighted by Crippen LogP contribution is 2.35. The molecule has 0 amide bonds. The van der Waals surface area contributed by atoms with Crippen LogP contribution in [0.3, 0.4) is 0 Å². The van der Waals surface area contributed by atoms with E-state index in [0.717, 1.165) is 30.2 Å². The van der Waals surface area contributed by atoms with E-state index in [9.17, 15) is 0 Å². The third-order valence-electron chi connectivity index (χ3n) is 5.18. The molecule has 2 aromatic carbocycles. The van der Waals surface area contributed by atoms with E-state index in [4.69, 9.17) is 15.8 Å². The molecule has 0 spiro atoms. The Kier molecular flexibility index (Phi) is 6.04. The topological polar surface area (TPSA) is 57.2 Å². The Morgan fingerprint density at radius 2 is 1.78 bits per heavy atom. The lowest BCUT2D eigenvalue weighted by Crippen LogP contribution is -2.39. The summed E-state index contributed by atoms with van der Waals surface area (Å²) in [6.07, 6.45) is 0. The smallest absolute Gasteiger partial charge is 0.135 e. The number of aliphatic imine (C=N–C) groups is 1. The van der Waals surface area contributed by atoms with Gasteiger partial charge in [-0.05, 0) is 31.6 Å². The van der Waals surface area contributed by atoms with Crippen LogP contribution in [0.5, 0.6) is 0 Å². The summed E-state index contributed by atoms with van der Waals surface area (Å²) in [5, 5.41) is 6.97. The minimum atomic E-state index is -0.227. The summed E-state index contributed by atoms with van der Waals surface area (Å²) in [6.45, 7) is 7.03. The Bertz CT molecular complexity index is 800. The van der Waals surface area contributed by atoms with Crippen molar-refractivity contribution in [1.82, 2.24) is 9.91 Å². The van der Waals surface area contributed by atoms with Gasteiger partial charge in [-0.25, -0.2) is 5.01 Å². The van der Waals surface area contributed by atoms with Crippen molar-refractivity contribution in [1.29, 1.82) is 0 Å². The molecule has 3 rings (SSSR count). The van der Waals surface area contributed by atoms with Crippen LogP contribution in [-0.4, -0.2) is 54.8 Å². The Labute approximate surface area is 162 Å². The van der Waals surface area contributed by atoms with Crippen LogP contribution in [0.2, 0.25) is 0 Å². The van der Waals surface area contributed by atoms with E-state index in [2.05, 4.69) is 67.3 Å². The molecule has 1 atom stereocenters. The predicted octanol–water partition coefficient (Wildman–Crippen LogP) is 2.93. The van der Waals surface area contributed by atoms with Crippen LogP contribution in [0.1, 0.15) is 25.0 Å². The molecule has 0 aromatic heterocycles. The molecule has 5 nitrogen and oxygen atoms in total. The molecule has 0 radical (unpaired) electrons. The zero-order chi connectivity index (χ0) is 19.3. The lowest BCUT2D eigenvalue weighted by atomic mass is 9.76. The first-order valence-corrected chi connectivity index (χ1v) is 9.48. The summed E-state index contributed by atoms with van der Waals surface area (Å²) in [5.41, 5.74) is 9.24. The Morgan fingerprint density at radius 1 is 1.15 bits per heavy atom. The fourth-order valence-electron chi connectivity index (χ4n) is 3.35. The van der Waals surface area contributed by atoms with Gasteiger partial charge in [-0.1, -0.05) is 67.6 Å². The van der Waals surface area contributed by atoms with Crippen LogP contribution in [-0.2, 0) is 5.41 Å². The largest absolute Gasteiger partial charge is 0.324 e. The standard InChI is InChI=1S/C22H29N5/c1-4-26(3)17-24-20(15-23)27-16-22(2,19-13-9-6-10-14-19)21(25-27)18-11-7-5-8-12-18/h5-14H,4,15-17,23H2,1-3H3/b24-20+/t22-/m0/s1. The van der Waals surface area contributed by atoms with E-state index in [1.165, 1.54) is 5.56 Å². The van der Waals surface area contributed by atoms with Gasteiger partial charge in [0.05, 0.1) is 30.9 Å². The molecule has 2 N–H and O–H groups in total. The van der Waals surface area contributed by atoms with Gasteiger partial charge in [-0.3, -0.25) is 9.89 Å². The molecule has 5 heteroatoms. The van der Waals surface area contributed by atoms with Gasteiger partial charge in [-0.15, -0.1) is 0 Å². The second-order valence-electron chi connectivity index (χ2n) is 7.16. The van der Waals surface area contributed by atoms with E-state index in [1.807, 2.05) is 24.2 Å². The SMILES string of the molecule is CCN(C)C/N=C(\CN)N1C[C@@](C)(c2ccccc2)C(c2ccccc2)=N1. The third-order valence-corrected chi connectivity index (χ3v) is 5.18. The lowest BCUT2D eigenvalue weighted by molar-refractivity contribution is 0.358. The average Bonchev–Trinajstić information content (AvgIpc) is 3.08. The molecule has 1 aliphatic heterocycles. The number of rotatable bonds is 6. The maximum Gasteiger partial charge on any atom is 0.135 e. The summed E-state index contributed by atoms with van der Waals surface area (Å²) >= 11 is 0. The van der Waals surface area contributed by atoms with Gasteiger partial charge in [0.1, 0.15) is 5.84 Å². The Hall–Kier alpha value is -2.50. The summed E-state index contributed by atoms with van der Waals surface area (Å²) in [5.74, 6) is 0.823. The van der Waals surface area contributed by atoms with Gasteiger partial charge in [0.15, 0.2) is 0 Å². The minimum Gasteiger partial charge on any atom is -0.324 e.